The van der Waals surface area contributed by atoms with Crippen molar-refractivity contribution in [3.05, 3.63) is 65.7 Å². The van der Waals surface area contributed by atoms with E-state index >= 15 is 0 Å². The van der Waals surface area contributed by atoms with Crippen LogP contribution in [0.25, 0.3) is 22.0 Å². The highest BCUT2D eigenvalue weighted by molar-refractivity contribution is 6.33. The molecular formula is C21H15ClN4O3. The molecule has 2 amide bonds. The van der Waals surface area contributed by atoms with Gasteiger partial charge >= 0.3 is 6.03 Å². The van der Waals surface area contributed by atoms with Gasteiger partial charge in [-0.1, -0.05) is 35.9 Å². The van der Waals surface area contributed by atoms with Gasteiger partial charge in [-0.25, -0.2) is 4.79 Å². The maximum atomic E-state index is 12.5. The van der Waals surface area contributed by atoms with Gasteiger partial charge in [-0.2, -0.15) is 5.10 Å². The molecule has 4 aromatic rings. The summed E-state index contributed by atoms with van der Waals surface area (Å²) in [4.78, 5) is 12.5. The second-order valence-corrected chi connectivity index (χ2v) is 6.87. The number of H-pyrrole nitrogens is 1. The molecule has 0 radical (unpaired) electrons. The van der Waals surface area contributed by atoms with Crippen molar-refractivity contribution >= 4 is 40.0 Å². The van der Waals surface area contributed by atoms with Crippen LogP contribution in [-0.2, 0) is 0 Å². The summed E-state index contributed by atoms with van der Waals surface area (Å²) in [6.07, 6.45) is 0. The summed E-state index contributed by atoms with van der Waals surface area (Å²) in [5.74, 6) is 1.67. The Morgan fingerprint density at radius 1 is 1.00 bits per heavy atom. The van der Waals surface area contributed by atoms with E-state index in [-0.39, 0.29) is 6.79 Å². The lowest BCUT2D eigenvalue weighted by Crippen LogP contribution is -2.19. The Hall–Kier alpha value is -3.71. The topological polar surface area (TPSA) is 88.3 Å². The number of carbonyl (C=O) groups excluding carboxylic acids is 1. The van der Waals surface area contributed by atoms with Crippen molar-refractivity contribution in [2.75, 3.05) is 17.4 Å². The van der Waals surface area contributed by atoms with Crippen molar-refractivity contribution < 1.29 is 14.3 Å². The normalized spacial score (nSPS) is 12.2. The van der Waals surface area contributed by atoms with E-state index in [0.717, 1.165) is 22.0 Å². The van der Waals surface area contributed by atoms with E-state index in [9.17, 15) is 4.79 Å². The van der Waals surface area contributed by atoms with E-state index < -0.39 is 6.03 Å². The quantitative estimate of drug-likeness (QED) is 0.433. The number of aromatic nitrogens is 2. The number of fused-ring (bicyclic) bond motifs is 2. The SMILES string of the molecule is O=C(Nc1ccc2c(c1)OCO2)Nc1n[nH]c2ccc(-c3ccccc3Cl)cc12. The van der Waals surface area contributed by atoms with Gasteiger partial charge in [0.05, 0.1) is 5.52 Å². The summed E-state index contributed by atoms with van der Waals surface area (Å²) < 4.78 is 10.6. The highest BCUT2D eigenvalue weighted by Crippen LogP contribution is 2.34. The number of anilines is 2. The maximum absolute atomic E-state index is 12.5. The zero-order valence-electron chi connectivity index (χ0n) is 15.0. The molecule has 8 heteroatoms. The fourth-order valence-corrected chi connectivity index (χ4v) is 3.46. The average Bonchev–Trinajstić information content (AvgIpc) is 3.34. The van der Waals surface area contributed by atoms with Gasteiger partial charge in [0.15, 0.2) is 17.3 Å². The molecule has 3 aromatic carbocycles. The summed E-state index contributed by atoms with van der Waals surface area (Å²) in [5, 5.41) is 14.1. The van der Waals surface area contributed by atoms with Crippen LogP contribution >= 0.6 is 11.6 Å². The first-order chi connectivity index (χ1) is 14.2. The van der Waals surface area contributed by atoms with Crippen molar-refractivity contribution in [2.24, 2.45) is 0 Å². The smallest absolute Gasteiger partial charge is 0.324 e. The highest BCUT2D eigenvalue weighted by Gasteiger charge is 2.15. The lowest BCUT2D eigenvalue weighted by atomic mass is 10.0. The van der Waals surface area contributed by atoms with Gasteiger partial charge in [0, 0.05) is 27.7 Å². The van der Waals surface area contributed by atoms with Crippen LogP contribution in [0.3, 0.4) is 0 Å². The van der Waals surface area contributed by atoms with Gasteiger partial charge in [-0.3, -0.25) is 10.4 Å². The molecule has 0 aliphatic carbocycles. The Balaban J connectivity index is 1.39. The first-order valence-electron chi connectivity index (χ1n) is 8.88. The molecule has 0 fully saturated rings. The number of hydrogen-bond acceptors (Lipinski definition) is 4. The lowest BCUT2D eigenvalue weighted by molar-refractivity contribution is 0.174. The molecule has 144 valence electrons. The van der Waals surface area contributed by atoms with Crippen molar-refractivity contribution in [3.63, 3.8) is 0 Å². The van der Waals surface area contributed by atoms with Crippen LogP contribution in [-0.4, -0.2) is 23.0 Å². The van der Waals surface area contributed by atoms with E-state index in [1.54, 1.807) is 18.2 Å². The number of nitrogens with one attached hydrogen (secondary N) is 3. The number of urea groups is 1. The molecule has 0 saturated heterocycles. The third-order valence-electron chi connectivity index (χ3n) is 4.61. The fourth-order valence-electron chi connectivity index (χ4n) is 3.22. The number of rotatable bonds is 3. The van der Waals surface area contributed by atoms with Crippen LogP contribution in [0.4, 0.5) is 16.3 Å². The lowest BCUT2D eigenvalue weighted by Gasteiger charge is -2.08. The monoisotopic (exact) mass is 406 g/mol. The second kappa shape index (κ2) is 7.03. The minimum absolute atomic E-state index is 0.179. The molecule has 0 atom stereocenters. The first kappa shape index (κ1) is 17.4. The van der Waals surface area contributed by atoms with Crippen molar-refractivity contribution in [1.29, 1.82) is 0 Å². The Morgan fingerprint density at radius 2 is 1.86 bits per heavy atom. The molecule has 5 rings (SSSR count). The minimum Gasteiger partial charge on any atom is -0.454 e. The number of benzene rings is 3. The molecule has 7 nitrogen and oxygen atoms in total. The second-order valence-electron chi connectivity index (χ2n) is 6.46. The highest BCUT2D eigenvalue weighted by atomic mass is 35.5. The zero-order chi connectivity index (χ0) is 19.8. The predicted octanol–water partition coefficient (Wildman–Crippen LogP) is 5.26. The molecule has 0 saturated carbocycles. The van der Waals surface area contributed by atoms with Crippen LogP contribution in [0, 0.1) is 0 Å². The predicted molar refractivity (Wildman–Crippen MR) is 112 cm³/mol. The molecule has 0 bridgehead atoms. The molecule has 2 heterocycles. The number of halogens is 1. The zero-order valence-corrected chi connectivity index (χ0v) is 15.8. The summed E-state index contributed by atoms with van der Waals surface area (Å²) in [6.45, 7) is 0.179. The van der Waals surface area contributed by atoms with Gasteiger partial charge < -0.3 is 14.8 Å². The Morgan fingerprint density at radius 3 is 2.76 bits per heavy atom. The number of nitrogens with zero attached hydrogens (tertiary/aromatic N) is 1. The third kappa shape index (κ3) is 3.32. The number of aromatic amines is 1. The average molecular weight is 407 g/mol. The number of hydrogen-bond donors (Lipinski definition) is 3. The van der Waals surface area contributed by atoms with Crippen LogP contribution in [0.5, 0.6) is 11.5 Å². The van der Waals surface area contributed by atoms with E-state index in [2.05, 4.69) is 20.8 Å². The van der Waals surface area contributed by atoms with Crippen molar-refractivity contribution in [1.82, 2.24) is 10.2 Å². The standard InChI is InChI=1S/C21H15ClN4O3/c22-16-4-2-1-3-14(16)12-5-7-17-15(9-12)20(26-25-17)24-21(27)23-13-6-8-18-19(10-13)29-11-28-18/h1-10H,11H2,(H3,23,24,25,26,27). The summed E-state index contributed by atoms with van der Waals surface area (Å²) >= 11 is 6.32. The summed E-state index contributed by atoms with van der Waals surface area (Å²) in [6, 6.07) is 18.2. The third-order valence-corrected chi connectivity index (χ3v) is 4.94. The van der Waals surface area contributed by atoms with E-state index in [1.165, 1.54) is 0 Å². The largest absolute Gasteiger partial charge is 0.454 e. The van der Waals surface area contributed by atoms with Gasteiger partial charge in [0.2, 0.25) is 6.79 Å². The Kier molecular flexibility index (Phi) is 4.22. The van der Waals surface area contributed by atoms with Gasteiger partial charge in [0.25, 0.3) is 0 Å². The Labute approximate surface area is 170 Å². The molecule has 29 heavy (non-hydrogen) atoms. The number of amides is 2. The maximum Gasteiger partial charge on any atom is 0.324 e. The van der Waals surface area contributed by atoms with Gasteiger partial charge in [0.1, 0.15) is 0 Å². The van der Waals surface area contributed by atoms with Gasteiger partial charge in [-0.05, 0) is 35.9 Å². The minimum atomic E-state index is -0.416. The van der Waals surface area contributed by atoms with Crippen molar-refractivity contribution in [2.45, 2.75) is 0 Å². The van der Waals surface area contributed by atoms with Crippen LogP contribution in [0.2, 0.25) is 5.02 Å². The van der Waals surface area contributed by atoms with Crippen LogP contribution < -0.4 is 20.1 Å². The van der Waals surface area contributed by atoms with E-state index in [0.29, 0.717) is 28.0 Å². The molecule has 1 aromatic heterocycles. The van der Waals surface area contributed by atoms with Crippen LogP contribution in [0.15, 0.2) is 60.7 Å². The molecule has 0 unspecified atom stereocenters. The molecule has 1 aliphatic heterocycles. The number of ether oxygens (including phenoxy) is 2. The summed E-state index contributed by atoms with van der Waals surface area (Å²) in [5.41, 5.74) is 3.24. The van der Waals surface area contributed by atoms with Gasteiger partial charge in [-0.15, -0.1) is 0 Å². The molecule has 1 aliphatic rings. The molecule has 0 spiro atoms. The van der Waals surface area contributed by atoms with E-state index in [1.807, 2.05) is 42.5 Å². The molecular weight excluding hydrogens is 392 g/mol. The Bertz CT molecular complexity index is 1240. The van der Waals surface area contributed by atoms with Crippen LogP contribution in [0.1, 0.15) is 0 Å². The number of carbonyl (C=O) groups is 1. The van der Waals surface area contributed by atoms with E-state index in [4.69, 9.17) is 21.1 Å². The first-order valence-corrected chi connectivity index (χ1v) is 9.26. The summed E-state index contributed by atoms with van der Waals surface area (Å²) in [7, 11) is 0. The molecule has 3 N–H and O–H groups in total. The fraction of sp³-hybridized carbons (Fsp3) is 0.0476. The van der Waals surface area contributed by atoms with Crippen molar-refractivity contribution in [3.8, 4) is 22.6 Å².